The lowest BCUT2D eigenvalue weighted by atomic mass is 9.78. The van der Waals surface area contributed by atoms with Crippen LogP contribution in [0.25, 0.3) is 0 Å². The summed E-state index contributed by atoms with van der Waals surface area (Å²) in [4.78, 5) is 0. The van der Waals surface area contributed by atoms with E-state index in [0.717, 1.165) is 12.0 Å². The lowest BCUT2D eigenvalue weighted by Gasteiger charge is -2.39. The number of rotatable bonds is 1. The quantitative estimate of drug-likeness (QED) is 0.589. The topological polar surface area (TPSA) is 12.0 Å². The van der Waals surface area contributed by atoms with Crippen LogP contribution in [0.2, 0.25) is 0 Å². The zero-order chi connectivity index (χ0) is 7.78. The zero-order valence-corrected chi connectivity index (χ0v) is 7.57. The van der Waals surface area contributed by atoms with Gasteiger partial charge in [-0.25, -0.2) is 0 Å². The lowest BCUT2D eigenvalue weighted by Crippen LogP contribution is -2.51. The predicted octanol–water partition coefficient (Wildman–Crippen LogP) is 2.03. The van der Waals surface area contributed by atoms with Gasteiger partial charge < -0.3 is 5.32 Å². The van der Waals surface area contributed by atoms with Gasteiger partial charge in [-0.05, 0) is 31.2 Å². The highest BCUT2D eigenvalue weighted by atomic mass is 15.0. The maximum Gasteiger partial charge on any atom is 0.00794 e. The molecule has 1 N–H and O–H groups in total. The summed E-state index contributed by atoms with van der Waals surface area (Å²) in [5.74, 6) is 0.931. The van der Waals surface area contributed by atoms with Gasteiger partial charge in [0.05, 0.1) is 0 Å². The first-order chi connectivity index (χ1) is 4.49. The van der Waals surface area contributed by atoms with Crippen molar-refractivity contribution in [3.05, 3.63) is 0 Å². The molecule has 0 aliphatic carbocycles. The van der Waals surface area contributed by atoms with Crippen molar-refractivity contribution < 1.29 is 0 Å². The van der Waals surface area contributed by atoms with Crippen molar-refractivity contribution >= 4 is 0 Å². The summed E-state index contributed by atoms with van der Waals surface area (Å²) in [5, 5.41) is 3.38. The van der Waals surface area contributed by atoms with Crippen molar-refractivity contribution in [1.82, 2.24) is 5.32 Å². The zero-order valence-electron chi connectivity index (χ0n) is 7.57. The Labute approximate surface area is 64.2 Å². The third-order valence-corrected chi connectivity index (χ3v) is 2.28. The molecule has 1 rings (SSSR count). The van der Waals surface area contributed by atoms with Crippen LogP contribution in [0, 0.1) is 11.3 Å². The Bertz CT molecular complexity index is 112. The van der Waals surface area contributed by atoms with Gasteiger partial charge in [0.1, 0.15) is 0 Å². The van der Waals surface area contributed by atoms with E-state index in [4.69, 9.17) is 0 Å². The van der Waals surface area contributed by atoms with Crippen molar-refractivity contribution in [3.63, 3.8) is 0 Å². The fourth-order valence-electron chi connectivity index (χ4n) is 1.56. The van der Waals surface area contributed by atoms with Crippen LogP contribution in [-0.4, -0.2) is 12.6 Å². The molecule has 0 bridgehead atoms. The van der Waals surface area contributed by atoms with Gasteiger partial charge in [-0.15, -0.1) is 0 Å². The summed E-state index contributed by atoms with van der Waals surface area (Å²) < 4.78 is 0. The van der Waals surface area contributed by atoms with Gasteiger partial charge in [-0.1, -0.05) is 20.8 Å². The predicted molar refractivity (Wildman–Crippen MR) is 45.0 cm³/mol. The molecule has 0 spiro atoms. The Morgan fingerprint density at radius 1 is 1.40 bits per heavy atom. The van der Waals surface area contributed by atoms with Crippen LogP contribution in [0.15, 0.2) is 0 Å². The molecule has 1 nitrogen and oxygen atoms in total. The average molecular weight is 141 g/mol. The minimum Gasteiger partial charge on any atom is -0.314 e. The van der Waals surface area contributed by atoms with Crippen LogP contribution in [0.3, 0.4) is 0 Å². The molecular formula is C9H19N. The first-order valence-electron chi connectivity index (χ1n) is 4.22. The standard InChI is InChI=1S/C9H19N/c1-7-8(6-10-7)5-9(2,3)4/h7-8,10H,5-6H2,1-4H3. The van der Waals surface area contributed by atoms with Crippen LogP contribution in [-0.2, 0) is 0 Å². The summed E-state index contributed by atoms with van der Waals surface area (Å²) in [6.07, 6.45) is 1.36. The molecule has 0 aromatic rings. The SMILES string of the molecule is CC1NCC1CC(C)(C)C. The molecular weight excluding hydrogens is 122 g/mol. The highest BCUT2D eigenvalue weighted by Crippen LogP contribution is 2.29. The van der Waals surface area contributed by atoms with Gasteiger partial charge >= 0.3 is 0 Å². The van der Waals surface area contributed by atoms with E-state index in [2.05, 4.69) is 33.0 Å². The summed E-state index contributed by atoms with van der Waals surface area (Å²) in [5.41, 5.74) is 0.515. The second-order valence-corrected chi connectivity index (χ2v) is 4.72. The van der Waals surface area contributed by atoms with E-state index in [9.17, 15) is 0 Å². The van der Waals surface area contributed by atoms with Crippen LogP contribution >= 0.6 is 0 Å². The molecule has 1 fully saturated rings. The molecule has 0 aromatic heterocycles. The third kappa shape index (κ3) is 1.98. The molecule has 0 amide bonds. The van der Waals surface area contributed by atoms with Gasteiger partial charge in [0.15, 0.2) is 0 Å². The highest BCUT2D eigenvalue weighted by molar-refractivity contribution is 4.86. The molecule has 60 valence electrons. The number of nitrogens with one attached hydrogen (secondary N) is 1. The Hall–Kier alpha value is -0.0400. The van der Waals surface area contributed by atoms with Crippen molar-refractivity contribution in [1.29, 1.82) is 0 Å². The van der Waals surface area contributed by atoms with E-state index < -0.39 is 0 Å². The molecule has 1 aliphatic rings. The normalized spacial score (nSPS) is 33.6. The minimum atomic E-state index is 0.515. The Morgan fingerprint density at radius 2 is 2.00 bits per heavy atom. The highest BCUT2D eigenvalue weighted by Gasteiger charge is 2.29. The molecule has 1 saturated heterocycles. The van der Waals surface area contributed by atoms with E-state index in [1.165, 1.54) is 13.0 Å². The first kappa shape index (κ1) is 8.06. The maximum atomic E-state index is 3.38. The van der Waals surface area contributed by atoms with Crippen molar-refractivity contribution in [3.8, 4) is 0 Å². The van der Waals surface area contributed by atoms with Gasteiger partial charge in [0.2, 0.25) is 0 Å². The van der Waals surface area contributed by atoms with Crippen molar-refractivity contribution in [2.45, 2.75) is 40.2 Å². The average Bonchev–Trinajstić information content (AvgIpc) is 1.78. The molecule has 1 aliphatic heterocycles. The molecule has 0 radical (unpaired) electrons. The smallest absolute Gasteiger partial charge is 0.00794 e. The van der Waals surface area contributed by atoms with E-state index in [1.807, 2.05) is 0 Å². The van der Waals surface area contributed by atoms with Gasteiger partial charge in [-0.3, -0.25) is 0 Å². The van der Waals surface area contributed by atoms with Crippen molar-refractivity contribution in [2.75, 3.05) is 6.54 Å². The lowest BCUT2D eigenvalue weighted by molar-refractivity contribution is 0.172. The van der Waals surface area contributed by atoms with Crippen LogP contribution in [0.5, 0.6) is 0 Å². The molecule has 0 aromatic carbocycles. The van der Waals surface area contributed by atoms with Gasteiger partial charge in [-0.2, -0.15) is 0 Å². The number of hydrogen-bond acceptors (Lipinski definition) is 1. The van der Waals surface area contributed by atoms with Crippen LogP contribution < -0.4 is 5.32 Å². The summed E-state index contributed by atoms with van der Waals surface area (Å²) in [6.45, 7) is 10.5. The van der Waals surface area contributed by atoms with Crippen LogP contribution in [0.4, 0.5) is 0 Å². The minimum absolute atomic E-state index is 0.515. The second-order valence-electron chi connectivity index (χ2n) is 4.72. The van der Waals surface area contributed by atoms with Gasteiger partial charge in [0.25, 0.3) is 0 Å². The summed E-state index contributed by atoms with van der Waals surface area (Å²) in [6, 6.07) is 0.763. The first-order valence-corrected chi connectivity index (χ1v) is 4.22. The van der Waals surface area contributed by atoms with E-state index in [1.54, 1.807) is 0 Å². The van der Waals surface area contributed by atoms with Gasteiger partial charge in [0, 0.05) is 6.04 Å². The summed E-state index contributed by atoms with van der Waals surface area (Å²) in [7, 11) is 0. The Morgan fingerprint density at radius 3 is 2.10 bits per heavy atom. The molecule has 0 saturated carbocycles. The third-order valence-electron chi connectivity index (χ3n) is 2.28. The molecule has 2 unspecified atom stereocenters. The maximum absolute atomic E-state index is 3.38. The Balaban J connectivity index is 2.26. The van der Waals surface area contributed by atoms with E-state index in [-0.39, 0.29) is 0 Å². The molecule has 2 atom stereocenters. The monoisotopic (exact) mass is 141 g/mol. The molecule has 10 heavy (non-hydrogen) atoms. The molecule has 1 heterocycles. The fourth-order valence-corrected chi connectivity index (χ4v) is 1.56. The van der Waals surface area contributed by atoms with Crippen molar-refractivity contribution in [2.24, 2.45) is 11.3 Å². The molecule has 1 heteroatoms. The van der Waals surface area contributed by atoms with E-state index >= 15 is 0 Å². The second kappa shape index (κ2) is 2.54. The van der Waals surface area contributed by atoms with Crippen LogP contribution in [0.1, 0.15) is 34.1 Å². The summed E-state index contributed by atoms with van der Waals surface area (Å²) >= 11 is 0. The fraction of sp³-hybridized carbons (Fsp3) is 1.00. The largest absolute Gasteiger partial charge is 0.314 e. The van der Waals surface area contributed by atoms with E-state index in [0.29, 0.717) is 5.41 Å². The number of hydrogen-bond donors (Lipinski definition) is 1. The Kier molecular flexibility index (Phi) is 2.04.